The van der Waals surface area contributed by atoms with Crippen molar-refractivity contribution in [1.82, 2.24) is 4.90 Å². The maximum absolute atomic E-state index is 15.2. The Kier molecular flexibility index (Phi) is 8.39. The van der Waals surface area contributed by atoms with Crippen LogP contribution in [-0.2, 0) is 9.53 Å². The maximum atomic E-state index is 15.2. The van der Waals surface area contributed by atoms with Crippen LogP contribution in [0.5, 0.6) is 0 Å². The minimum atomic E-state index is -0.587. The number of ether oxygens (including phenoxy) is 1. The number of fused-ring (bicyclic) bond motifs is 1. The van der Waals surface area contributed by atoms with E-state index >= 15 is 4.39 Å². The van der Waals surface area contributed by atoms with Gasteiger partial charge in [0.25, 0.3) is 5.91 Å². The predicted molar refractivity (Wildman–Crippen MR) is 168 cm³/mol. The van der Waals surface area contributed by atoms with Crippen LogP contribution >= 0.6 is 0 Å². The Labute approximate surface area is 253 Å². The number of likely N-dealkylation sites (tertiary alicyclic amines) is 1. The van der Waals surface area contributed by atoms with Crippen molar-refractivity contribution in [3.63, 3.8) is 0 Å². The minimum Gasteiger partial charge on any atom is -0.382 e. The molecule has 3 aromatic carbocycles. The summed E-state index contributed by atoms with van der Waals surface area (Å²) in [6.45, 7) is 2.58. The van der Waals surface area contributed by atoms with Crippen molar-refractivity contribution in [2.45, 2.75) is 57.2 Å². The molecule has 1 aliphatic carbocycles. The summed E-state index contributed by atoms with van der Waals surface area (Å²) in [5, 5.41) is 6.75. The van der Waals surface area contributed by atoms with E-state index in [-0.39, 0.29) is 23.4 Å². The zero-order valence-corrected chi connectivity index (χ0v) is 25.2. The van der Waals surface area contributed by atoms with Crippen LogP contribution in [0.1, 0.15) is 59.6 Å². The quantitative estimate of drug-likeness (QED) is 0.336. The van der Waals surface area contributed by atoms with Crippen molar-refractivity contribution in [2.24, 2.45) is 11.8 Å². The number of amides is 2. The molecule has 2 saturated heterocycles. The SMILES string of the molecule is Cc1cccc(F)c1C(=O)N1C2COCC2CC(C(=O)Nc2ccc(N(C)C)cc2)[C@@H]1c1ccc(NC2CCCC2)cc1. The van der Waals surface area contributed by atoms with Crippen molar-refractivity contribution in [3.05, 3.63) is 89.2 Å². The van der Waals surface area contributed by atoms with Gasteiger partial charge in [0.2, 0.25) is 5.91 Å². The Morgan fingerprint density at radius 1 is 0.930 bits per heavy atom. The second-order valence-electron chi connectivity index (χ2n) is 12.5. The molecule has 0 radical (unpaired) electrons. The van der Waals surface area contributed by atoms with E-state index in [0.717, 1.165) is 29.8 Å². The van der Waals surface area contributed by atoms with E-state index in [4.69, 9.17) is 4.74 Å². The molecule has 43 heavy (non-hydrogen) atoms. The third-order valence-corrected chi connectivity index (χ3v) is 9.40. The second kappa shape index (κ2) is 12.4. The first-order valence-corrected chi connectivity index (χ1v) is 15.4. The lowest BCUT2D eigenvalue weighted by atomic mass is 9.76. The van der Waals surface area contributed by atoms with Crippen molar-refractivity contribution in [2.75, 3.05) is 42.8 Å². The largest absolute Gasteiger partial charge is 0.382 e. The van der Waals surface area contributed by atoms with Gasteiger partial charge in [-0.05, 0) is 79.8 Å². The Hall–Kier alpha value is -3.91. The average molecular weight is 585 g/mol. The molecule has 0 aromatic heterocycles. The summed E-state index contributed by atoms with van der Waals surface area (Å²) in [7, 11) is 3.94. The number of nitrogens with one attached hydrogen (secondary N) is 2. The normalized spacial score (nSPS) is 23.6. The summed E-state index contributed by atoms with van der Waals surface area (Å²) in [5.74, 6) is -1.70. The molecule has 2 N–H and O–H groups in total. The second-order valence-corrected chi connectivity index (χ2v) is 12.5. The number of anilines is 3. The number of halogens is 1. The summed E-state index contributed by atoms with van der Waals surface area (Å²) in [4.78, 5) is 32.2. The molecule has 0 bridgehead atoms. The van der Waals surface area contributed by atoms with Crippen LogP contribution in [-0.4, -0.2) is 56.1 Å². The zero-order valence-electron chi connectivity index (χ0n) is 25.2. The van der Waals surface area contributed by atoms with E-state index in [1.165, 1.54) is 18.9 Å². The van der Waals surface area contributed by atoms with Gasteiger partial charge < -0.3 is 25.2 Å². The van der Waals surface area contributed by atoms with Crippen LogP contribution in [0.4, 0.5) is 21.5 Å². The van der Waals surface area contributed by atoms with E-state index in [1.54, 1.807) is 24.0 Å². The van der Waals surface area contributed by atoms with Gasteiger partial charge in [-0.2, -0.15) is 0 Å². The molecule has 3 unspecified atom stereocenters. The van der Waals surface area contributed by atoms with Crippen LogP contribution in [0, 0.1) is 24.6 Å². The Morgan fingerprint density at radius 3 is 2.30 bits per heavy atom. The third-order valence-electron chi connectivity index (χ3n) is 9.40. The van der Waals surface area contributed by atoms with Crippen molar-refractivity contribution < 1.29 is 18.7 Å². The fraction of sp³-hybridized carbons (Fsp3) is 0.429. The molecular weight excluding hydrogens is 543 g/mol. The summed E-state index contributed by atoms with van der Waals surface area (Å²) < 4.78 is 21.1. The van der Waals surface area contributed by atoms with Crippen LogP contribution in [0.25, 0.3) is 0 Å². The zero-order chi connectivity index (χ0) is 30.1. The molecule has 6 rings (SSSR count). The van der Waals surface area contributed by atoms with Crippen molar-refractivity contribution in [1.29, 1.82) is 0 Å². The lowest BCUT2D eigenvalue weighted by Gasteiger charge is -2.47. The minimum absolute atomic E-state index is 0.0255. The van der Waals surface area contributed by atoms with Gasteiger partial charge in [0.1, 0.15) is 5.82 Å². The highest BCUT2D eigenvalue weighted by Gasteiger charge is 2.51. The molecule has 1 saturated carbocycles. The molecule has 3 aliphatic rings. The number of piperidine rings is 1. The summed E-state index contributed by atoms with van der Waals surface area (Å²) in [5.41, 5.74) is 4.23. The molecule has 226 valence electrons. The standard InChI is InChI=1S/C35H41FN4O3/c1-22-7-6-10-30(36)32(22)35(42)40-31-21-43-20-24(31)19-29(34(41)38-27-15-17-28(18-16-27)39(2)3)33(40)23-11-13-26(14-12-23)37-25-8-4-5-9-25/h6-7,10-18,24-25,29,31,33,37H,4-5,8-9,19-21H2,1-3H3,(H,38,41)/t24?,29?,31?,33-/m0/s1. The molecule has 7 nitrogen and oxygen atoms in total. The first-order valence-electron chi connectivity index (χ1n) is 15.4. The number of hydrogen-bond acceptors (Lipinski definition) is 5. The lowest BCUT2D eigenvalue weighted by Crippen LogP contribution is -2.55. The Morgan fingerprint density at radius 2 is 1.63 bits per heavy atom. The van der Waals surface area contributed by atoms with E-state index in [2.05, 4.69) is 10.6 Å². The van der Waals surface area contributed by atoms with Gasteiger partial charge in [0.15, 0.2) is 0 Å². The summed E-state index contributed by atoms with van der Waals surface area (Å²) in [6, 6.07) is 20.1. The number of hydrogen-bond donors (Lipinski definition) is 2. The topological polar surface area (TPSA) is 73.9 Å². The number of benzene rings is 3. The molecular formula is C35H41FN4O3. The number of nitrogens with zero attached hydrogens (tertiary/aromatic N) is 2. The van der Waals surface area contributed by atoms with E-state index in [9.17, 15) is 9.59 Å². The van der Waals surface area contributed by atoms with Crippen LogP contribution in [0.15, 0.2) is 66.7 Å². The van der Waals surface area contributed by atoms with Gasteiger partial charge in [0.05, 0.1) is 36.8 Å². The van der Waals surface area contributed by atoms with Gasteiger partial charge in [0, 0.05) is 43.1 Å². The van der Waals surface area contributed by atoms with Crippen LogP contribution in [0.3, 0.4) is 0 Å². The highest BCUT2D eigenvalue weighted by Crippen LogP contribution is 2.46. The predicted octanol–water partition coefficient (Wildman–Crippen LogP) is 6.41. The first-order chi connectivity index (χ1) is 20.8. The Balaban J connectivity index is 1.37. The molecule has 3 aromatic rings. The molecule has 8 heteroatoms. The fourth-order valence-corrected chi connectivity index (χ4v) is 7.09. The molecule has 2 aliphatic heterocycles. The smallest absolute Gasteiger partial charge is 0.257 e. The fourth-order valence-electron chi connectivity index (χ4n) is 7.09. The lowest BCUT2D eigenvalue weighted by molar-refractivity contribution is -0.124. The summed E-state index contributed by atoms with van der Waals surface area (Å²) in [6.07, 6.45) is 5.37. The van der Waals surface area contributed by atoms with Gasteiger partial charge in [-0.1, -0.05) is 37.1 Å². The van der Waals surface area contributed by atoms with Gasteiger partial charge in [-0.3, -0.25) is 9.59 Å². The number of carbonyl (C=O) groups is 2. The van der Waals surface area contributed by atoms with E-state index in [0.29, 0.717) is 36.9 Å². The number of aryl methyl sites for hydroxylation is 1. The van der Waals surface area contributed by atoms with Crippen molar-refractivity contribution >= 4 is 28.9 Å². The van der Waals surface area contributed by atoms with Crippen LogP contribution in [0.2, 0.25) is 0 Å². The molecule has 2 heterocycles. The summed E-state index contributed by atoms with van der Waals surface area (Å²) >= 11 is 0. The first kappa shape index (κ1) is 29.2. The maximum Gasteiger partial charge on any atom is 0.257 e. The average Bonchev–Trinajstić information content (AvgIpc) is 3.69. The molecule has 0 spiro atoms. The molecule has 2 amide bonds. The number of rotatable bonds is 7. The highest BCUT2D eigenvalue weighted by molar-refractivity contribution is 5.98. The third kappa shape index (κ3) is 5.98. The van der Waals surface area contributed by atoms with Gasteiger partial charge in [-0.15, -0.1) is 0 Å². The Bertz CT molecular complexity index is 1430. The van der Waals surface area contributed by atoms with Gasteiger partial charge >= 0.3 is 0 Å². The van der Waals surface area contributed by atoms with E-state index < -0.39 is 23.7 Å². The molecule has 4 atom stereocenters. The van der Waals surface area contributed by atoms with Crippen molar-refractivity contribution in [3.8, 4) is 0 Å². The van der Waals surface area contributed by atoms with E-state index in [1.807, 2.05) is 67.5 Å². The molecule has 3 fully saturated rings. The number of carbonyl (C=O) groups excluding carboxylic acids is 2. The monoisotopic (exact) mass is 584 g/mol. The van der Waals surface area contributed by atoms with Gasteiger partial charge in [-0.25, -0.2) is 4.39 Å². The van der Waals surface area contributed by atoms with Crippen LogP contribution < -0.4 is 15.5 Å². The highest BCUT2D eigenvalue weighted by atomic mass is 19.1.